The molecule has 0 spiro atoms. The highest BCUT2D eigenvalue weighted by molar-refractivity contribution is 9.10. The number of halogens is 1. The van der Waals surface area contributed by atoms with Crippen LogP contribution in [0.25, 0.3) is 0 Å². The molecule has 3 heteroatoms. The maximum absolute atomic E-state index is 5.63. The van der Waals surface area contributed by atoms with Gasteiger partial charge < -0.3 is 10.2 Å². The highest BCUT2D eigenvalue weighted by Crippen LogP contribution is 2.36. The summed E-state index contributed by atoms with van der Waals surface area (Å²) in [6.07, 6.45) is 4.70. The third-order valence-corrected chi connectivity index (χ3v) is 3.09. The minimum absolute atomic E-state index is 0.556. The number of rotatable bonds is 2. The molecule has 1 aliphatic rings. The molecule has 0 saturated heterocycles. The van der Waals surface area contributed by atoms with Crippen molar-refractivity contribution in [2.24, 2.45) is 5.73 Å². The Kier molecular flexibility index (Phi) is 2.74. The van der Waals surface area contributed by atoms with E-state index in [1.54, 1.807) is 0 Å². The van der Waals surface area contributed by atoms with E-state index < -0.39 is 0 Å². The second kappa shape index (κ2) is 3.84. The van der Waals surface area contributed by atoms with Gasteiger partial charge in [0.2, 0.25) is 0 Å². The first kappa shape index (κ1) is 9.28. The third kappa shape index (κ3) is 1.81. The van der Waals surface area contributed by atoms with Gasteiger partial charge in [-0.2, -0.15) is 0 Å². The van der Waals surface area contributed by atoms with Crippen LogP contribution in [0, 0.1) is 0 Å². The van der Waals surface area contributed by atoms with Crippen molar-refractivity contribution in [1.82, 2.24) is 0 Å². The van der Waals surface area contributed by atoms with Gasteiger partial charge in [0, 0.05) is 5.92 Å². The van der Waals surface area contributed by atoms with Gasteiger partial charge in [0.25, 0.3) is 0 Å². The summed E-state index contributed by atoms with van der Waals surface area (Å²) in [5.41, 5.74) is 6.94. The molecule has 0 aromatic carbocycles. The molecule has 1 aromatic heterocycles. The summed E-state index contributed by atoms with van der Waals surface area (Å²) < 4.78 is 6.49. The van der Waals surface area contributed by atoms with E-state index >= 15 is 0 Å². The van der Waals surface area contributed by atoms with Gasteiger partial charge in [-0.1, -0.05) is 0 Å². The molecule has 2 nitrogen and oxygen atoms in total. The van der Waals surface area contributed by atoms with E-state index in [0.717, 1.165) is 24.1 Å². The van der Waals surface area contributed by atoms with E-state index in [0.29, 0.717) is 5.92 Å². The zero-order valence-corrected chi connectivity index (χ0v) is 9.14. The van der Waals surface area contributed by atoms with Crippen molar-refractivity contribution in [3.05, 3.63) is 22.1 Å². The van der Waals surface area contributed by atoms with Crippen molar-refractivity contribution in [2.45, 2.75) is 31.6 Å². The lowest BCUT2D eigenvalue weighted by molar-refractivity contribution is 0.394. The normalized spacial score (nSPS) is 21.5. The molecule has 1 heterocycles. The number of furan rings is 1. The van der Waals surface area contributed by atoms with Crippen molar-refractivity contribution in [1.29, 1.82) is 0 Å². The fourth-order valence-corrected chi connectivity index (χ4v) is 2.55. The number of aryl methyl sites for hydroxylation is 1. The van der Waals surface area contributed by atoms with Crippen LogP contribution < -0.4 is 5.73 Å². The van der Waals surface area contributed by atoms with Crippen LogP contribution >= 0.6 is 15.9 Å². The van der Waals surface area contributed by atoms with Crippen LogP contribution in [-0.4, -0.2) is 6.54 Å². The van der Waals surface area contributed by atoms with Crippen LogP contribution in [0.2, 0.25) is 0 Å². The van der Waals surface area contributed by atoms with E-state index in [1.807, 2.05) is 0 Å². The van der Waals surface area contributed by atoms with Crippen LogP contribution in [0.3, 0.4) is 0 Å². The maximum Gasteiger partial charge on any atom is 0.169 e. The van der Waals surface area contributed by atoms with Gasteiger partial charge in [0.1, 0.15) is 5.76 Å². The van der Waals surface area contributed by atoms with Crippen LogP contribution in [0.15, 0.2) is 15.2 Å². The molecule has 0 bridgehead atoms. The fourth-order valence-electron chi connectivity index (χ4n) is 2.10. The summed E-state index contributed by atoms with van der Waals surface area (Å²) in [5, 5.41) is 0. The van der Waals surface area contributed by atoms with E-state index in [1.165, 1.54) is 24.2 Å². The van der Waals surface area contributed by atoms with Crippen molar-refractivity contribution in [3.63, 3.8) is 0 Å². The standard InChI is InChI=1S/C10H14BrNO/c11-9-6-8-3-1-2-7(4-5-12)10(8)13-9/h6-7H,1-5,12H2. The Morgan fingerprint density at radius 2 is 2.46 bits per heavy atom. The third-order valence-electron chi connectivity index (χ3n) is 2.70. The predicted molar refractivity (Wildman–Crippen MR) is 55.8 cm³/mol. The van der Waals surface area contributed by atoms with Crippen LogP contribution in [0.1, 0.15) is 36.5 Å². The van der Waals surface area contributed by atoms with Crippen molar-refractivity contribution >= 4 is 15.9 Å². The molecule has 0 amide bonds. The minimum Gasteiger partial charge on any atom is -0.454 e. The molecule has 13 heavy (non-hydrogen) atoms. The zero-order chi connectivity index (χ0) is 9.26. The molecule has 0 aliphatic heterocycles. The summed E-state index contributed by atoms with van der Waals surface area (Å²) in [7, 11) is 0. The SMILES string of the molecule is NCCC1CCCc2cc(Br)oc21. The molecule has 2 rings (SSSR count). The Morgan fingerprint density at radius 1 is 1.62 bits per heavy atom. The van der Waals surface area contributed by atoms with Crippen molar-refractivity contribution < 1.29 is 4.42 Å². The Labute approximate surface area is 86.6 Å². The summed E-state index contributed by atoms with van der Waals surface area (Å²) in [5.74, 6) is 1.73. The molecule has 2 N–H and O–H groups in total. The summed E-state index contributed by atoms with van der Waals surface area (Å²) in [6, 6.07) is 2.10. The Balaban J connectivity index is 2.25. The number of nitrogens with two attached hydrogens (primary N) is 1. The van der Waals surface area contributed by atoms with Crippen LogP contribution in [0.4, 0.5) is 0 Å². The number of hydrogen-bond donors (Lipinski definition) is 1. The molecule has 0 saturated carbocycles. The lowest BCUT2D eigenvalue weighted by Crippen LogP contribution is -2.12. The maximum atomic E-state index is 5.63. The van der Waals surface area contributed by atoms with Gasteiger partial charge in [-0.25, -0.2) is 0 Å². The van der Waals surface area contributed by atoms with E-state index in [2.05, 4.69) is 22.0 Å². The molecule has 1 aromatic rings. The number of fused-ring (bicyclic) bond motifs is 1. The molecule has 0 radical (unpaired) electrons. The monoisotopic (exact) mass is 243 g/mol. The van der Waals surface area contributed by atoms with Gasteiger partial charge in [-0.15, -0.1) is 0 Å². The predicted octanol–water partition coefficient (Wildman–Crippen LogP) is 2.81. The van der Waals surface area contributed by atoms with E-state index in [-0.39, 0.29) is 0 Å². The molecule has 72 valence electrons. The first-order chi connectivity index (χ1) is 6.31. The van der Waals surface area contributed by atoms with Gasteiger partial charge in [0.15, 0.2) is 4.67 Å². The van der Waals surface area contributed by atoms with Crippen LogP contribution in [-0.2, 0) is 6.42 Å². The molecule has 1 aliphatic carbocycles. The van der Waals surface area contributed by atoms with E-state index in [4.69, 9.17) is 10.2 Å². The van der Waals surface area contributed by atoms with Gasteiger partial charge in [0.05, 0.1) is 0 Å². The summed E-state index contributed by atoms with van der Waals surface area (Å²) in [4.78, 5) is 0. The molecular weight excluding hydrogens is 230 g/mol. The Hall–Kier alpha value is -0.280. The zero-order valence-electron chi connectivity index (χ0n) is 7.55. The highest BCUT2D eigenvalue weighted by Gasteiger charge is 2.23. The highest BCUT2D eigenvalue weighted by atomic mass is 79.9. The van der Waals surface area contributed by atoms with Crippen molar-refractivity contribution in [3.8, 4) is 0 Å². The first-order valence-electron chi connectivity index (χ1n) is 4.79. The minimum atomic E-state index is 0.556. The smallest absolute Gasteiger partial charge is 0.169 e. The first-order valence-corrected chi connectivity index (χ1v) is 5.58. The van der Waals surface area contributed by atoms with E-state index in [9.17, 15) is 0 Å². The quantitative estimate of drug-likeness (QED) is 0.868. The molecule has 0 fully saturated rings. The molecular formula is C10H14BrNO. The fraction of sp³-hybridized carbons (Fsp3) is 0.600. The largest absolute Gasteiger partial charge is 0.454 e. The van der Waals surface area contributed by atoms with Gasteiger partial charge >= 0.3 is 0 Å². The average molecular weight is 244 g/mol. The van der Waals surface area contributed by atoms with Crippen LogP contribution in [0.5, 0.6) is 0 Å². The molecule has 1 atom stereocenters. The lowest BCUT2D eigenvalue weighted by Gasteiger charge is -2.19. The topological polar surface area (TPSA) is 39.2 Å². The number of hydrogen-bond acceptors (Lipinski definition) is 2. The second-order valence-electron chi connectivity index (χ2n) is 3.61. The lowest BCUT2D eigenvalue weighted by atomic mass is 9.86. The van der Waals surface area contributed by atoms with Crippen molar-refractivity contribution in [2.75, 3.05) is 6.54 Å². The van der Waals surface area contributed by atoms with Gasteiger partial charge in [-0.05, 0) is 59.8 Å². The molecule has 1 unspecified atom stereocenters. The van der Waals surface area contributed by atoms with Gasteiger partial charge in [-0.3, -0.25) is 0 Å². The summed E-state index contributed by atoms with van der Waals surface area (Å²) >= 11 is 3.37. The Bertz CT molecular complexity index is 295. The average Bonchev–Trinajstić information content (AvgIpc) is 2.47. The second-order valence-corrected chi connectivity index (χ2v) is 4.39. The summed E-state index contributed by atoms with van der Waals surface area (Å²) in [6.45, 7) is 0.752. The Morgan fingerprint density at radius 3 is 3.23 bits per heavy atom.